The minimum Gasteiger partial charge on any atom is -0.507 e. The number of aromatic hydroxyl groups is 2. The molecule has 2 aromatic rings. The number of carbonyl (C=O) groups is 1. The van der Waals surface area contributed by atoms with Crippen molar-refractivity contribution in [2.75, 3.05) is 0 Å². The summed E-state index contributed by atoms with van der Waals surface area (Å²) in [4.78, 5) is 15.9. The number of phenolic OH excluding ortho intramolecular Hbond substituents is 2. The summed E-state index contributed by atoms with van der Waals surface area (Å²) in [5, 5.41) is 21.8. The van der Waals surface area contributed by atoms with Gasteiger partial charge in [-0.05, 0) is 36.2 Å². The second-order valence-corrected chi connectivity index (χ2v) is 4.16. The molecule has 5 heteroatoms. The Kier molecular flexibility index (Phi) is 3.66. The molecule has 0 aliphatic carbocycles. The van der Waals surface area contributed by atoms with Crippen LogP contribution in [0, 0.1) is 6.92 Å². The van der Waals surface area contributed by atoms with Crippen molar-refractivity contribution in [2.24, 2.45) is 0 Å². The van der Waals surface area contributed by atoms with Crippen molar-refractivity contribution in [2.45, 2.75) is 13.5 Å². The van der Waals surface area contributed by atoms with Crippen LogP contribution in [0.15, 0.2) is 36.7 Å². The SMILES string of the molecule is Cc1cnccc1CNC(=O)c1c(O)cccc1O. The number of carbonyl (C=O) groups excluding carboxylic acids is 1. The summed E-state index contributed by atoms with van der Waals surface area (Å²) < 4.78 is 0. The van der Waals surface area contributed by atoms with Gasteiger partial charge in [0.25, 0.3) is 5.91 Å². The number of hydrogen-bond acceptors (Lipinski definition) is 4. The third kappa shape index (κ3) is 2.82. The Bertz CT molecular complexity index is 591. The van der Waals surface area contributed by atoms with Crippen LogP contribution in [-0.2, 0) is 6.54 Å². The van der Waals surface area contributed by atoms with Crippen LogP contribution in [0.3, 0.4) is 0 Å². The molecule has 0 spiro atoms. The van der Waals surface area contributed by atoms with Gasteiger partial charge in [-0.25, -0.2) is 0 Å². The van der Waals surface area contributed by atoms with Crippen molar-refractivity contribution < 1.29 is 15.0 Å². The van der Waals surface area contributed by atoms with E-state index in [2.05, 4.69) is 10.3 Å². The van der Waals surface area contributed by atoms with Crippen LogP contribution in [0.4, 0.5) is 0 Å². The maximum atomic E-state index is 11.9. The van der Waals surface area contributed by atoms with Crippen LogP contribution in [0.2, 0.25) is 0 Å². The first kappa shape index (κ1) is 12.9. The van der Waals surface area contributed by atoms with E-state index in [1.165, 1.54) is 18.2 Å². The van der Waals surface area contributed by atoms with Crippen molar-refractivity contribution in [1.29, 1.82) is 0 Å². The summed E-state index contributed by atoms with van der Waals surface area (Å²) in [6.07, 6.45) is 3.35. The van der Waals surface area contributed by atoms with Gasteiger partial charge in [-0.1, -0.05) is 6.07 Å². The van der Waals surface area contributed by atoms with Crippen LogP contribution in [-0.4, -0.2) is 21.1 Å². The van der Waals surface area contributed by atoms with Gasteiger partial charge in [-0.2, -0.15) is 0 Å². The van der Waals surface area contributed by atoms with Gasteiger partial charge in [0.15, 0.2) is 0 Å². The zero-order valence-electron chi connectivity index (χ0n) is 10.4. The molecule has 0 bridgehead atoms. The number of benzene rings is 1. The molecule has 3 N–H and O–H groups in total. The summed E-state index contributed by atoms with van der Waals surface area (Å²) >= 11 is 0. The van der Waals surface area contributed by atoms with Gasteiger partial charge < -0.3 is 15.5 Å². The molecule has 0 aliphatic rings. The van der Waals surface area contributed by atoms with Crippen LogP contribution < -0.4 is 5.32 Å². The number of pyridine rings is 1. The van der Waals surface area contributed by atoms with E-state index in [-0.39, 0.29) is 17.1 Å². The molecule has 0 saturated heterocycles. The monoisotopic (exact) mass is 258 g/mol. The fraction of sp³-hybridized carbons (Fsp3) is 0.143. The van der Waals surface area contributed by atoms with E-state index in [1.54, 1.807) is 18.5 Å². The molecule has 1 heterocycles. The quantitative estimate of drug-likeness (QED) is 0.783. The molecular formula is C14H14N2O3. The zero-order valence-corrected chi connectivity index (χ0v) is 10.4. The highest BCUT2D eigenvalue weighted by molar-refractivity contribution is 5.99. The smallest absolute Gasteiger partial charge is 0.259 e. The molecular weight excluding hydrogens is 244 g/mol. The number of aryl methyl sites for hydroxylation is 1. The Labute approximate surface area is 110 Å². The molecule has 0 fully saturated rings. The Morgan fingerprint density at radius 3 is 2.58 bits per heavy atom. The molecule has 2 rings (SSSR count). The van der Waals surface area contributed by atoms with Gasteiger partial charge in [0.2, 0.25) is 0 Å². The minimum absolute atomic E-state index is 0.116. The van der Waals surface area contributed by atoms with Crippen molar-refractivity contribution in [1.82, 2.24) is 10.3 Å². The average Bonchev–Trinajstić information content (AvgIpc) is 2.37. The van der Waals surface area contributed by atoms with Gasteiger partial charge in [0.05, 0.1) is 0 Å². The Morgan fingerprint density at radius 2 is 1.95 bits per heavy atom. The molecule has 98 valence electrons. The van der Waals surface area contributed by atoms with Crippen LogP contribution in [0.1, 0.15) is 21.5 Å². The molecule has 0 saturated carbocycles. The molecule has 5 nitrogen and oxygen atoms in total. The number of nitrogens with one attached hydrogen (secondary N) is 1. The van der Waals surface area contributed by atoms with Crippen LogP contribution >= 0.6 is 0 Å². The largest absolute Gasteiger partial charge is 0.507 e. The minimum atomic E-state index is -0.521. The lowest BCUT2D eigenvalue weighted by molar-refractivity contribution is 0.0945. The number of rotatable bonds is 3. The summed E-state index contributed by atoms with van der Waals surface area (Å²) in [5.74, 6) is -1.01. The first-order chi connectivity index (χ1) is 9.09. The summed E-state index contributed by atoms with van der Waals surface area (Å²) in [5.41, 5.74) is 1.77. The predicted molar refractivity (Wildman–Crippen MR) is 69.9 cm³/mol. The molecule has 1 amide bonds. The van der Waals surface area contributed by atoms with E-state index in [1.807, 2.05) is 6.92 Å². The first-order valence-corrected chi connectivity index (χ1v) is 5.78. The Hall–Kier alpha value is -2.56. The van der Waals surface area contributed by atoms with E-state index in [9.17, 15) is 15.0 Å². The second kappa shape index (κ2) is 5.39. The number of hydrogen-bond donors (Lipinski definition) is 3. The standard InChI is InChI=1S/C14H14N2O3/c1-9-7-15-6-5-10(9)8-16-14(19)13-11(17)3-2-4-12(13)18/h2-7,17-18H,8H2,1H3,(H,16,19). The fourth-order valence-electron chi connectivity index (χ4n) is 1.73. The van der Waals surface area contributed by atoms with E-state index >= 15 is 0 Å². The molecule has 0 aliphatic heterocycles. The predicted octanol–water partition coefficient (Wildman–Crippen LogP) is 1.73. The van der Waals surface area contributed by atoms with Gasteiger partial charge in [-0.3, -0.25) is 9.78 Å². The molecule has 0 radical (unpaired) electrons. The summed E-state index contributed by atoms with van der Waals surface area (Å²) in [6.45, 7) is 2.20. The molecule has 0 unspecified atom stereocenters. The van der Waals surface area contributed by atoms with Gasteiger partial charge in [0, 0.05) is 18.9 Å². The summed E-state index contributed by atoms with van der Waals surface area (Å²) in [6, 6.07) is 5.98. The van der Waals surface area contributed by atoms with Crippen molar-refractivity contribution in [3.05, 3.63) is 53.3 Å². The second-order valence-electron chi connectivity index (χ2n) is 4.16. The van der Waals surface area contributed by atoms with Gasteiger partial charge >= 0.3 is 0 Å². The maximum absolute atomic E-state index is 11.9. The third-order valence-electron chi connectivity index (χ3n) is 2.82. The first-order valence-electron chi connectivity index (χ1n) is 5.78. The molecule has 0 atom stereocenters. The number of phenols is 2. The maximum Gasteiger partial charge on any atom is 0.259 e. The van der Waals surface area contributed by atoms with E-state index < -0.39 is 5.91 Å². The number of nitrogens with zero attached hydrogens (tertiary/aromatic N) is 1. The van der Waals surface area contributed by atoms with Gasteiger partial charge in [-0.15, -0.1) is 0 Å². The Balaban J connectivity index is 2.13. The van der Waals surface area contributed by atoms with Crippen molar-refractivity contribution in [3.8, 4) is 11.5 Å². The molecule has 1 aromatic heterocycles. The van der Waals surface area contributed by atoms with Crippen LogP contribution in [0.25, 0.3) is 0 Å². The van der Waals surface area contributed by atoms with E-state index in [4.69, 9.17) is 0 Å². The highest BCUT2D eigenvalue weighted by Crippen LogP contribution is 2.25. The highest BCUT2D eigenvalue weighted by atomic mass is 16.3. The molecule has 19 heavy (non-hydrogen) atoms. The van der Waals surface area contributed by atoms with Crippen molar-refractivity contribution >= 4 is 5.91 Å². The normalized spacial score (nSPS) is 10.2. The zero-order chi connectivity index (χ0) is 13.8. The Morgan fingerprint density at radius 1 is 1.26 bits per heavy atom. The van der Waals surface area contributed by atoms with Crippen molar-refractivity contribution in [3.63, 3.8) is 0 Å². The highest BCUT2D eigenvalue weighted by Gasteiger charge is 2.15. The lowest BCUT2D eigenvalue weighted by atomic mass is 10.1. The lowest BCUT2D eigenvalue weighted by Crippen LogP contribution is -2.23. The third-order valence-corrected chi connectivity index (χ3v) is 2.82. The number of amides is 1. The molecule has 1 aromatic carbocycles. The topological polar surface area (TPSA) is 82.5 Å². The fourth-order valence-corrected chi connectivity index (χ4v) is 1.73. The van der Waals surface area contributed by atoms with Gasteiger partial charge in [0.1, 0.15) is 17.1 Å². The van der Waals surface area contributed by atoms with E-state index in [0.29, 0.717) is 6.54 Å². The number of aromatic nitrogens is 1. The lowest BCUT2D eigenvalue weighted by Gasteiger charge is -2.09. The van der Waals surface area contributed by atoms with E-state index in [0.717, 1.165) is 11.1 Å². The summed E-state index contributed by atoms with van der Waals surface area (Å²) in [7, 11) is 0. The average molecular weight is 258 g/mol. The van der Waals surface area contributed by atoms with Crippen LogP contribution in [0.5, 0.6) is 11.5 Å².